The molecule has 1 aromatic rings. The van der Waals surface area contributed by atoms with E-state index in [0.717, 1.165) is 26.1 Å². The van der Waals surface area contributed by atoms with Gasteiger partial charge in [-0.15, -0.1) is 0 Å². The number of anilines is 1. The third-order valence-corrected chi connectivity index (χ3v) is 4.18. The van der Waals surface area contributed by atoms with Gasteiger partial charge >= 0.3 is 0 Å². The van der Waals surface area contributed by atoms with Crippen molar-refractivity contribution in [2.45, 2.75) is 19.4 Å². The van der Waals surface area contributed by atoms with Gasteiger partial charge in [-0.1, -0.05) is 36.2 Å². The second-order valence-electron chi connectivity index (χ2n) is 4.93. The highest BCUT2D eigenvalue weighted by atomic mass is 35.5. The zero-order chi connectivity index (χ0) is 14.5. The van der Waals surface area contributed by atoms with Gasteiger partial charge in [0.15, 0.2) is 0 Å². The van der Waals surface area contributed by atoms with Crippen LogP contribution in [0.1, 0.15) is 13.3 Å². The molecule has 2 N–H and O–H groups in total. The van der Waals surface area contributed by atoms with E-state index in [1.165, 1.54) is 0 Å². The third-order valence-electron chi connectivity index (χ3n) is 3.36. The summed E-state index contributed by atoms with van der Waals surface area (Å²) in [6.07, 6.45) is 1.03. The molecule has 1 heterocycles. The van der Waals surface area contributed by atoms with Gasteiger partial charge in [0, 0.05) is 19.1 Å². The lowest BCUT2D eigenvalue weighted by Gasteiger charge is -2.37. The van der Waals surface area contributed by atoms with Gasteiger partial charge in [-0.25, -0.2) is 0 Å². The van der Waals surface area contributed by atoms with Gasteiger partial charge in [-0.05, 0) is 25.1 Å². The summed E-state index contributed by atoms with van der Waals surface area (Å²) < 4.78 is 0. The summed E-state index contributed by atoms with van der Waals surface area (Å²) in [4.78, 5) is 14.3. The largest absolute Gasteiger partial charge is 0.324 e. The Kier molecular flexibility index (Phi) is 5.66. The lowest BCUT2D eigenvalue weighted by molar-refractivity contribution is -0.118. The standard InChI is InChI=1S/C14H19Cl2N3O/c1-2-6-19(10-7-17-8-10)9-13(20)18-12-5-3-4-11(15)14(12)16/h3-5,10,17H,2,6-9H2,1H3,(H,18,20). The van der Waals surface area contributed by atoms with E-state index in [0.29, 0.717) is 28.3 Å². The zero-order valence-corrected chi connectivity index (χ0v) is 13.0. The fourth-order valence-electron chi connectivity index (χ4n) is 2.18. The highest BCUT2D eigenvalue weighted by Gasteiger charge is 2.25. The molecule has 0 radical (unpaired) electrons. The number of nitrogens with zero attached hydrogens (tertiary/aromatic N) is 1. The summed E-state index contributed by atoms with van der Waals surface area (Å²) in [6.45, 7) is 5.31. The van der Waals surface area contributed by atoms with Crippen LogP contribution in [0.25, 0.3) is 0 Å². The number of hydrogen-bond donors (Lipinski definition) is 2. The van der Waals surface area contributed by atoms with Crippen LogP contribution in [0.2, 0.25) is 10.0 Å². The molecule has 0 atom stereocenters. The van der Waals surface area contributed by atoms with Crippen LogP contribution in [-0.2, 0) is 4.79 Å². The molecule has 4 nitrogen and oxygen atoms in total. The molecule has 6 heteroatoms. The summed E-state index contributed by atoms with van der Waals surface area (Å²) in [7, 11) is 0. The maximum absolute atomic E-state index is 12.1. The van der Waals surface area contributed by atoms with Crippen LogP contribution < -0.4 is 10.6 Å². The monoisotopic (exact) mass is 315 g/mol. The Balaban J connectivity index is 1.95. The van der Waals surface area contributed by atoms with Crippen molar-refractivity contribution in [2.24, 2.45) is 0 Å². The Bertz CT molecular complexity index is 477. The van der Waals surface area contributed by atoms with Gasteiger partial charge in [0.1, 0.15) is 0 Å². The van der Waals surface area contributed by atoms with E-state index < -0.39 is 0 Å². The lowest BCUT2D eigenvalue weighted by Crippen LogP contribution is -2.58. The van der Waals surface area contributed by atoms with Crippen molar-refractivity contribution >= 4 is 34.8 Å². The molecule has 1 aliphatic heterocycles. The molecule has 0 unspecified atom stereocenters. The Labute approximate surface area is 129 Å². The van der Waals surface area contributed by atoms with E-state index in [1.54, 1.807) is 18.2 Å². The minimum Gasteiger partial charge on any atom is -0.324 e. The molecule has 1 fully saturated rings. The Morgan fingerprint density at radius 2 is 2.20 bits per heavy atom. The molecule has 1 aliphatic rings. The molecular weight excluding hydrogens is 297 g/mol. The summed E-state index contributed by atoms with van der Waals surface area (Å²) in [6, 6.07) is 5.67. The average Bonchev–Trinajstić information content (AvgIpc) is 2.33. The molecule has 2 rings (SSSR count). The summed E-state index contributed by atoms with van der Waals surface area (Å²) in [5, 5.41) is 6.88. The first-order valence-corrected chi connectivity index (χ1v) is 7.56. The topological polar surface area (TPSA) is 44.4 Å². The molecule has 110 valence electrons. The van der Waals surface area contributed by atoms with Crippen LogP contribution in [-0.4, -0.2) is 43.0 Å². The first kappa shape index (κ1) is 15.6. The molecular formula is C14H19Cl2N3O. The summed E-state index contributed by atoms with van der Waals surface area (Å²) >= 11 is 12.0. The van der Waals surface area contributed by atoms with Crippen LogP contribution in [0, 0.1) is 0 Å². The smallest absolute Gasteiger partial charge is 0.238 e. The maximum atomic E-state index is 12.1. The quantitative estimate of drug-likeness (QED) is 0.848. The van der Waals surface area contributed by atoms with E-state index in [-0.39, 0.29) is 5.91 Å². The molecule has 1 amide bonds. The van der Waals surface area contributed by atoms with Crippen molar-refractivity contribution in [2.75, 3.05) is 31.5 Å². The van der Waals surface area contributed by atoms with Gasteiger partial charge in [0.05, 0.1) is 22.3 Å². The van der Waals surface area contributed by atoms with Crippen molar-refractivity contribution in [3.63, 3.8) is 0 Å². The van der Waals surface area contributed by atoms with Crippen molar-refractivity contribution in [1.82, 2.24) is 10.2 Å². The fourth-order valence-corrected chi connectivity index (χ4v) is 2.53. The zero-order valence-electron chi connectivity index (χ0n) is 11.5. The van der Waals surface area contributed by atoms with Crippen molar-refractivity contribution in [3.05, 3.63) is 28.2 Å². The number of carbonyl (C=O) groups is 1. The average molecular weight is 316 g/mol. The second kappa shape index (κ2) is 7.27. The molecule has 1 saturated heterocycles. The first-order chi connectivity index (χ1) is 9.61. The van der Waals surface area contributed by atoms with Crippen LogP contribution in [0.15, 0.2) is 18.2 Å². The molecule has 0 saturated carbocycles. The van der Waals surface area contributed by atoms with Gasteiger partial charge in [-0.2, -0.15) is 0 Å². The molecule has 0 bridgehead atoms. The number of nitrogens with one attached hydrogen (secondary N) is 2. The number of rotatable bonds is 6. The Morgan fingerprint density at radius 1 is 1.45 bits per heavy atom. The van der Waals surface area contributed by atoms with E-state index in [2.05, 4.69) is 22.5 Å². The van der Waals surface area contributed by atoms with Gasteiger partial charge in [0.25, 0.3) is 0 Å². The highest BCUT2D eigenvalue weighted by Crippen LogP contribution is 2.29. The number of halogens is 2. The van der Waals surface area contributed by atoms with Crippen molar-refractivity contribution in [1.29, 1.82) is 0 Å². The normalized spacial score (nSPS) is 15.2. The van der Waals surface area contributed by atoms with Crippen LogP contribution in [0.3, 0.4) is 0 Å². The van der Waals surface area contributed by atoms with Crippen molar-refractivity contribution < 1.29 is 4.79 Å². The van der Waals surface area contributed by atoms with E-state index in [4.69, 9.17) is 23.2 Å². The molecule has 0 spiro atoms. The molecule has 1 aromatic carbocycles. The molecule has 0 aliphatic carbocycles. The van der Waals surface area contributed by atoms with Gasteiger partial charge in [0.2, 0.25) is 5.91 Å². The fraction of sp³-hybridized carbons (Fsp3) is 0.500. The van der Waals surface area contributed by atoms with Gasteiger partial charge in [-0.3, -0.25) is 9.69 Å². The number of amides is 1. The summed E-state index contributed by atoms with van der Waals surface area (Å²) in [5.74, 6) is -0.0606. The predicted octanol–water partition coefficient (Wildman–Crippen LogP) is 2.62. The van der Waals surface area contributed by atoms with Crippen LogP contribution in [0.4, 0.5) is 5.69 Å². The number of hydrogen-bond acceptors (Lipinski definition) is 3. The van der Waals surface area contributed by atoms with Gasteiger partial charge < -0.3 is 10.6 Å². The molecule has 20 heavy (non-hydrogen) atoms. The van der Waals surface area contributed by atoms with E-state index in [1.807, 2.05) is 0 Å². The third kappa shape index (κ3) is 3.85. The molecule has 0 aromatic heterocycles. The van der Waals surface area contributed by atoms with Crippen LogP contribution in [0.5, 0.6) is 0 Å². The van der Waals surface area contributed by atoms with E-state index >= 15 is 0 Å². The minimum atomic E-state index is -0.0606. The second-order valence-corrected chi connectivity index (χ2v) is 5.72. The highest BCUT2D eigenvalue weighted by molar-refractivity contribution is 6.43. The summed E-state index contributed by atoms with van der Waals surface area (Å²) in [5.41, 5.74) is 0.562. The van der Waals surface area contributed by atoms with Crippen molar-refractivity contribution in [3.8, 4) is 0 Å². The minimum absolute atomic E-state index is 0.0606. The predicted molar refractivity (Wildman–Crippen MR) is 83.6 cm³/mol. The Morgan fingerprint density at radius 3 is 2.80 bits per heavy atom. The van der Waals surface area contributed by atoms with E-state index in [9.17, 15) is 4.79 Å². The SMILES string of the molecule is CCCN(CC(=O)Nc1cccc(Cl)c1Cl)C1CNC1. The number of carbonyl (C=O) groups excluding carboxylic acids is 1. The first-order valence-electron chi connectivity index (χ1n) is 6.80. The number of benzene rings is 1. The Hall–Kier alpha value is -0.810. The maximum Gasteiger partial charge on any atom is 0.238 e. The lowest BCUT2D eigenvalue weighted by atomic mass is 10.1. The van der Waals surface area contributed by atoms with Crippen LogP contribution >= 0.6 is 23.2 Å².